The summed E-state index contributed by atoms with van der Waals surface area (Å²) in [5.41, 5.74) is 2.09. The van der Waals surface area contributed by atoms with Crippen molar-refractivity contribution in [1.29, 1.82) is 0 Å². The van der Waals surface area contributed by atoms with Gasteiger partial charge in [0.1, 0.15) is 18.1 Å². The number of hydrogen-bond acceptors (Lipinski definition) is 3. The van der Waals surface area contributed by atoms with Gasteiger partial charge >= 0.3 is 0 Å². The van der Waals surface area contributed by atoms with Crippen molar-refractivity contribution in [1.82, 2.24) is 9.97 Å². The molecule has 2 atom stereocenters. The van der Waals surface area contributed by atoms with Crippen LogP contribution in [-0.4, -0.2) is 28.9 Å². The molecular formula is C25H36F2N2O. The highest BCUT2D eigenvalue weighted by Crippen LogP contribution is 2.20. The first kappa shape index (κ1) is 24.2. The Morgan fingerprint density at radius 1 is 0.867 bits per heavy atom. The van der Waals surface area contributed by atoms with E-state index in [0.29, 0.717) is 18.0 Å². The van der Waals surface area contributed by atoms with Gasteiger partial charge in [-0.1, -0.05) is 46.0 Å². The molecule has 0 saturated heterocycles. The Labute approximate surface area is 180 Å². The number of ether oxygens (including phenoxy) is 1. The molecule has 1 aromatic carbocycles. The largest absolute Gasteiger partial charge is 0.493 e. The van der Waals surface area contributed by atoms with Gasteiger partial charge in [0.2, 0.25) is 0 Å². The minimum absolute atomic E-state index is 0.0506. The van der Waals surface area contributed by atoms with Gasteiger partial charge in [-0.25, -0.2) is 18.7 Å². The maximum atomic E-state index is 13.7. The monoisotopic (exact) mass is 418 g/mol. The van der Waals surface area contributed by atoms with E-state index in [9.17, 15) is 8.78 Å². The standard InChI is InChI=1S/C25H36F2N2O/c1-3-5-6-7-8-9-10-20-18-28-25(29-19-20)21-11-13-24(14-12-21)30-16-15-23(27)17-22(26)4-2/h11-14,18-19,22-23H,3-10,15-17H2,1-2H3. The van der Waals surface area contributed by atoms with Crippen molar-refractivity contribution >= 4 is 0 Å². The quantitative estimate of drug-likeness (QED) is 0.285. The molecule has 0 spiro atoms. The normalized spacial score (nSPS) is 13.2. The number of halogens is 2. The average Bonchev–Trinajstić information content (AvgIpc) is 2.77. The van der Waals surface area contributed by atoms with Crippen molar-refractivity contribution in [2.24, 2.45) is 0 Å². The molecule has 166 valence electrons. The van der Waals surface area contributed by atoms with E-state index in [4.69, 9.17) is 4.74 Å². The highest BCUT2D eigenvalue weighted by Gasteiger charge is 2.13. The van der Waals surface area contributed by atoms with Gasteiger partial charge in [-0.05, 0) is 49.1 Å². The van der Waals surface area contributed by atoms with Crippen LogP contribution in [0.15, 0.2) is 36.7 Å². The molecule has 2 aromatic rings. The van der Waals surface area contributed by atoms with Gasteiger partial charge in [-0.3, -0.25) is 0 Å². The number of rotatable bonds is 15. The van der Waals surface area contributed by atoms with Crippen LogP contribution >= 0.6 is 0 Å². The van der Waals surface area contributed by atoms with Gasteiger partial charge in [0.25, 0.3) is 0 Å². The minimum Gasteiger partial charge on any atom is -0.493 e. The van der Waals surface area contributed by atoms with Gasteiger partial charge in [0.05, 0.1) is 6.61 Å². The smallest absolute Gasteiger partial charge is 0.159 e. The molecule has 0 aliphatic rings. The van der Waals surface area contributed by atoms with Crippen molar-refractivity contribution in [2.45, 2.75) is 90.4 Å². The van der Waals surface area contributed by atoms with Crippen LogP contribution in [0.3, 0.4) is 0 Å². The maximum absolute atomic E-state index is 13.7. The Morgan fingerprint density at radius 2 is 1.53 bits per heavy atom. The highest BCUT2D eigenvalue weighted by molar-refractivity contribution is 5.55. The Balaban J connectivity index is 1.73. The zero-order valence-corrected chi connectivity index (χ0v) is 18.5. The second-order valence-electron chi connectivity index (χ2n) is 7.93. The number of unbranched alkanes of at least 4 members (excludes halogenated alkanes) is 5. The van der Waals surface area contributed by atoms with E-state index >= 15 is 0 Å². The predicted octanol–water partition coefficient (Wildman–Crippen LogP) is 7.29. The maximum Gasteiger partial charge on any atom is 0.159 e. The number of nitrogens with zero attached hydrogens (tertiary/aromatic N) is 2. The zero-order chi connectivity index (χ0) is 21.6. The summed E-state index contributed by atoms with van der Waals surface area (Å²) in [4.78, 5) is 8.98. The van der Waals surface area contributed by atoms with E-state index in [1.165, 1.54) is 44.1 Å². The lowest BCUT2D eigenvalue weighted by atomic mass is 10.1. The summed E-state index contributed by atoms with van der Waals surface area (Å²) in [5, 5.41) is 0. The number of hydrogen-bond donors (Lipinski definition) is 0. The molecule has 2 unspecified atom stereocenters. The molecule has 0 radical (unpaired) electrons. The van der Waals surface area contributed by atoms with Crippen molar-refractivity contribution in [3.05, 3.63) is 42.2 Å². The molecule has 30 heavy (non-hydrogen) atoms. The van der Waals surface area contributed by atoms with Gasteiger partial charge in [-0.15, -0.1) is 0 Å². The summed E-state index contributed by atoms with van der Waals surface area (Å²) in [6.45, 7) is 4.20. The summed E-state index contributed by atoms with van der Waals surface area (Å²) in [7, 11) is 0. The van der Waals surface area contributed by atoms with Crippen molar-refractivity contribution in [3.8, 4) is 17.1 Å². The Hall–Kier alpha value is -2.04. The fraction of sp³-hybridized carbons (Fsp3) is 0.600. The van der Waals surface area contributed by atoms with Crippen LogP contribution in [0, 0.1) is 0 Å². The van der Waals surface area contributed by atoms with Crippen molar-refractivity contribution in [3.63, 3.8) is 0 Å². The first-order chi connectivity index (χ1) is 14.6. The van der Waals surface area contributed by atoms with Gasteiger partial charge in [0, 0.05) is 30.8 Å². The molecule has 0 bridgehead atoms. The fourth-order valence-electron chi connectivity index (χ4n) is 3.31. The number of aryl methyl sites for hydroxylation is 1. The second kappa shape index (κ2) is 14.1. The molecule has 0 aliphatic carbocycles. The lowest BCUT2D eigenvalue weighted by Gasteiger charge is -2.12. The van der Waals surface area contributed by atoms with E-state index in [2.05, 4.69) is 16.9 Å². The molecular weight excluding hydrogens is 382 g/mol. The lowest BCUT2D eigenvalue weighted by Crippen LogP contribution is -2.13. The highest BCUT2D eigenvalue weighted by atomic mass is 19.1. The molecule has 0 amide bonds. The first-order valence-corrected chi connectivity index (χ1v) is 11.4. The Kier molecular flexibility index (Phi) is 11.3. The first-order valence-electron chi connectivity index (χ1n) is 11.4. The minimum atomic E-state index is -1.16. The Morgan fingerprint density at radius 3 is 2.20 bits per heavy atom. The predicted molar refractivity (Wildman–Crippen MR) is 119 cm³/mol. The summed E-state index contributed by atoms with van der Waals surface area (Å²) in [6.07, 6.45) is 10.8. The molecule has 1 aromatic heterocycles. The van der Waals surface area contributed by atoms with Crippen LogP contribution in [0.4, 0.5) is 8.78 Å². The molecule has 1 heterocycles. The molecule has 5 heteroatoms. The number of aromatic nitrogens is 2. The van der Waals surface area contributed by atoms with Crippen molar-refractivity contribution < 1.29 is 13.5 Å². The average molecular weight is 419 g/mol. The summed E-state index contributed by atoms with van der Waals surface area (Å²) in [5.74, 6) is 1.35. The molecule has 2 rings (SSSR count). The summed E-state index contributed by atoms with van der Waals surface area (Å²) < 4.78 is 32.4. The van der Waals surface area contributed by atoms with Crippen LogP contribution in [0.5, 0.6) is 5.75 Å². The third kappa shape index (κ3) is 9.19. The summed E-state index contributed by atoms with van der Waals surface area (Å²) in [6, 6.07) is 7.47. The van der Waals surface area contributed by atoms with Gasteiger partial charge < -0.3 is 4.74 Å². The van der Waals surface area contributed by atoms with Gasteiger partial charge in [0.15, 0.2) is 5.82 Å². The molecule has 0 aliphatic heterocycles. The SMILES string of the molecule is CCCCCCCCc1cnc(-c2ccc(OCCC(F)CC(F)CC)cc2)nc1. The van der Waals surface area contributed by atoms with Gasteiger partial charge in [-0.2, -0.15) is 0 Å². The topological polar surface area (TPSA) is 35.0 Å². The van der Waals surface area contributed by atoms with E-state index in [1.807, 2.05) is 36.7 Å². The Bertz CT molecular complexity index is 691. The van der Waals surface area contributed by atoms with Crippen LogP contribution in [0.2, 0.25) is 0 Å². The van der Waals surface area contributed by atoms with Crippen molar-refractivity contribution in [2.75, 3.05) is 6.61 Å². The second-order valence-corrected chi connectivity index (χ2v) is 7.93. The number of benzene rings is 1. The summed E-state index contributed by atoms with van der Waals surface area (Å²) >= 11 is 0. The van der Waals surface area contributed by atoms with Crippen LogP contribution in [0.25, 0.3) is 11.4 Å². The molecule has 0 fully saturated rings. The third-order valence-corrected chi connectivity index (χ3v) is 5.29. The zero-order valence-electron chi connectivity index (χ0n) is 18.5. The van der Waals surface area contributed by atoms with Crippen LogP contribution < -0.4 is 4.74 Å². The lowest BCUT2D eigenvalue weighted by molar-refractivity contribution is 0.179. The van der Waals surface area contributed by atoms with E-state index in [0.717, 1.165) is 12.0 Å². The fourth-order valence-corrected chi connectivity index (χ4v) is 3.31. The van der Waals surface area contributed by atoms with E-state index in [1.54, 1.807) is 6.92 Å². The van der Waals surface area contributed by atoms with E-state index in [-0.39, 0.29) is 19.4 Å². The van der Waals surface area contributed by atoms with E-state index < -0.39 is 12.3 Å². The molecule has 3 nitrogen and oxygen atoms in total. The molecule has 0 N–H and O–H groups in total. The number of alkyl halides is 2. The third-order valence-electron chi connectivity index (χ3n) is 5.29. The van der Waals surface area contributed by atoms with Crippen LogP contribution in [0.1, 0.15) is 77.2 Å². The van der Waals surface area contributed by atoms with Crippen LogP contribution in [-0.2, 0) is 6.42 Å². The molecule has 0 saturated carbocycles.